The van der Waals surface area contributed by atoms with Crippen molar-refractivity contribution in [1.82, 2.24) is 0 Å². The summed E-state index contributed by atoms with van der Waals surface area (Å²) in [5.41, 5.74) is 3.04. The lowest BCUT2D eigenvalue weighted by Gasteiger charge is -2.51. The lowest BCUT2D eigenvalue weighted by Crippen LogP contribution is -2.44. The number of carbonyl (C=O) groups is 1. The molecule has 0 bridgehead atoms. The molecular weight excluding hydrogens is 268 g/mol. The van der Waals surface area contributed by atoms with Crippen molar-refractivity contribution in [2.24, 2.45) is 35.0 Å². The molecule has 0 unspecified atom stereocenters. The second-order valence-electron chi connectivity index (χ2n) is 8.37. The molecule has 1 fully saturated rings. The molecule has 124 valence electrons. The largest absolute Gasteiger partial charge is 0.303 e. The zero-order chi connectivity index (χ0) is 16.5. The van der Waals surface area contributed by atoms with E-state index in [1.54, 1.807) is 0 Å². The summed E-state index contributed by atoms with van der Waals surface area (Å²) < 4.78 is 0. The van der Waals surface area contributed by atoms with Crippen molar-refractivity contribution in [3.63, 3.8) is 0 Å². The van der Waals surface area contributed by atoms with Gasteiger partial charge in [-0.3, -0.25) is 0 Å². The highest BCUT2D eigenvalue weighted by atomic mass is 16.1. The van der Waals surface area contributed by atoms with E-state index in [1.807, 2.05) is 0 Å². The first-order valence-corrected chi connectivity index (χ1v) is 9.15. The molecular formula is C21H34O. The van der Waals surface area contributed by atoms with Gasteiger partial charge in [-0.1, -0.05) is 63.8 Å². The fourth-order valence-corrected chi connectivity index (χ4v) is 5.25. The predicted octanol–water partition coefficient (Wildman–Crippen LogP) is 5.81. The first-order chi connectivity index (χ1) is 10.3. The number of aldehydes is 1. The van der Waals surface area contributed by atoms with E-state index in [2.05, 4.69) is 53.7 Å². The average molecular weight is 303 g/mol. The lowest BCUT2D eigenvalue weighted by atomic mass is 9.53. The molecule has 0 saturated heterocycles. The van der Waals surface area contributed by atoms with E-state index < -0.39 is 0 Å². The number of fused-ring (bicyclic) bond motifs is 1. The second-order valence-corrected chi connectivity index (χ2v) is 8.37. The highest BCUT2D eigenvalue weighted by Crippen LogP contribution is 2.55. The van der Waals surface area contributed by atoms with Gasteiger partial charge in [0, 0.05) is 11.8 Å². The summed E-state index contributed by atoms with van der Waals surface area (Å²) in [6.07, 6.45) is 11.1. The van der Waals surface area contributed by atoms with Crippen molar-refractivity contribution >= 4 is 6.29 Å². The van der Waals surface area contributed by atoms with E-state index in [1.165, 1.54) is 36.7 Å². The first-order valence-electron chi connectivity index (χ1n) is 9.15. The SMILES string of the molecule is CC[C@H](C)/C=C(\C)[C@@H]1C(C)=C[C@]2(C)C[C@H](C)CC[C@H]2[C@@H]1C=O. The molecule has 0 aromatic carbocycles. The van der Waals surface area contributed by atoms with Crippen molar-refractivity contribution in [3.05, 3.63) is 23.3 Å². The normalized spacial score (nSPS) is 40.6. The summed E-state index contributed by atoms with van der Waals surface area (Å²) >= 11 is 0. The second kappa shape index (κ2) is 6.72. The van der Waals surface area contributed by atoms with Gasteiger partial charge in [0.25, 0.3) is 0 Å². The molecule has 1 saturated carbocycles. The number of hydrogen-bond donors (Lipinski definition) is 0. The molecule has 0 radical (unpaired) electrons. The molecule has 0 heterocycles. The maximum atomic E-state index is 12.0. The van der Waals surface area contributed by atoms with Crippen molar-refractivity contribution in [3.8, 4) is 0 Å². The number of carbonyl (C=O) groups excluding carboxylic acids is 1. The van der Waals surface area contributed by atoms with E-state index in [-0.39, 0.29) is 11.3 Å². The van der Waals surface area contributed by atoms with Gasteiger partial charge in [0.1, 0.15) is 6.29 Å². The monoisotopic (exact) mass is 302 g/mol. The third-order valence-electron chi connectivity index (χ3n) is 6.34. The smallest absolute Gasteiger partial charge is 0.124 e. The van der Waals surface area contributed by atoms with Crippen LogP contribution in [0.5, 0.6) is 0 Å². The highest BCUT2D eigenvalue weighted by molar-refractivity contribution is 5.59. The standard InChI is InChI=1S/C21H34O/c1-7-14(2)10-16(4)20-17(5)12-21(6)11-15(3)8-9-19(21)18(20)13-22/h10,12-15,18-20H,7-9,11H2,1-6H3/b16-10+/t14-,15+,18-,19-,20+,21-/m0/s1. The van der Waals surface area contributed by atoms with Crippen molar-refractivity contribution in [1.29, 1.82) is 0 Å². The van der Waals surface area contributed by atoms with Crippen molar-refractivity contribution in [2.75, 3.05) is 0 Å². The van der Waals surface area contributed by atoms with Crippen LogP contribution < -0.4 is 0 Å². The number of rotatable bonds is 4. The van der Waals surface area contributed by atoms with Gasteiger partial charge in [0.05, 0.1) is 0 Å². The molecule has 1 heteroatoms. The van der Waals surface area contributed by atoms with Gasteiger partial charge in [-0.05, 0) is 49.9 Å². The van der Waals surface area contributed by atoms with Gasteiger partial charge < -0.3 is 4.79 Å². The number of hydrogen-bond acceptors (Lipinski definition) is 1. The fourth-order valence-electron chi connectivity index (χ4n) is 5.25. The summed E-state index contributed by atoms with van der Waals surface area (Å²) in [5.74, 6) is 2.40. The Morgan fingerprint density at radius 1 is 1.45 bits per heavy atom. The van der Waals surface area contributed by atoms with Gasteiger partial charge >= 0.3 is 0 Å². The van der Waals surface area contributed by atoms with Crippen LogP contribution in [0.1, 0.15) is 67.2 Å². The fraction of sp³-hybridized carbons (Fsp3) is 0.762. The summed E-state index contributed by atoms with van der Waals surface area (Å²) in [6.45, 7) is 13.7. The molecule has 2 aliphatic carbocycles. The van der Waals surface area contributed by atoms with Crippen LogP contribution in [0, 0.1) is 35.0 Å². The van der Waals surface area contributed by atoms with E-state index in [0.717, 1.165) is 12.3 Å². The molecule has 1 nitrogen and oxygen atoms in total. The van der Waals surface area contributed by atoms with E-state index in [9.17, 15) is 4.79 Å². The number of allylic oxidation sites excluding steroid dienone is 4. The molecule has 2 rings (SSSR count). The van der Waals surface area contributed by atoms with Crippen LogP contribution >= 0.6 is 0 Å². The van der Waals surface area contributed by atoms with Crippen molar-refractivity contribution in [2.45, 2.75) is 67.2 Å². The molecule has 0 aromatic rings. The molecule has 0 aromatic heterocycles. The Kier molecular flexibility index (Phi) is 5.35. The average Bonchev–Trinajstić information content (AvgIpc) is 2.43. The van der Waals surface area contributed by atoms with E-state index >= 15 is 0 Å². The van der Waals surface area contributed by atoms with Gasteiger partial charge in [-0.25, -0.2) is 0 Å². The van der Waals surface area contributed by atoms with E-state index in [0.29, 0.717) is 17.8 Å². The Hall–Kier alpha value is -0.850. The summed E-state index contributed by atoms with van der Waals surface area (Å²) in [5, 5.41) is 0. The summed E-state index contributed by atoms with van der Waals surface area (Å²) in [6, 6.07) is 0. The molecule has 22 heavy (non-hydrogen) atoms. The van der Waals surface area contributed by atoms with Crippen LogP contribution in [0.4, 0.5) is 0 Å². The highest BCUT2D eigenvalue weighted by Gasteiger charge is 2.47. The van der Waals surface area contributed by atoms with Crippen LogP contribution in [0.2, 0.25) is 0 Å². The van der Waals surface area contributed by atoms with Gasteiger partial charge in [0.15, 0.2) is 0 Å². The minimum absolute atomic E-state index is 0.169. The van der Waals surface area contributed by atoms with E-state index in [4.69, 9.17) is 0 Å². The summed E-state index contributed by atoms with van der Waals surface area (Å²) in [4.78, 5) is 12.0. The predicted molar refractivity (Wildman–Crippen MR) is 94.6 cm³/mol. The Labute approximate surface area is 137 Å². The molecule has 0 N–H and O–H groups in total. The molecule has 2 aliphatic rings. The van der Waals surface area contributed by atoms with Crippen LogP contribution in [0.15, 0.2) is 23.3 Å². The van der Waals surface area contributed by atoms with Gasteiger partial charge in [0.2, 0.25) is 0 Å². The third kappa shape index (κ3) is 3.24. The van der Waals surface area contributed by atoms with Gasteiger partial charge in [-0.15, -0.1) is 0 Å². The minimum atomic E-state index is 0.169. The van der Waals surface area contributed by atoms with Crippen LogP contribution in [-0.2, 0) is 4.79 Å². The molecule has 6 atom stereocenters. The molecule has 0 amide bonds. The minimum Gasteiger partial charge on any atom is -0.303 e. The Balaban J connectivity index is 2.39. The Bertz CT molecular complexity index is 472. The van der Waals surface area contributed by atoms with Crippen LogP contribution in [0.25, 0.3) is 0 Å². The zero-order valence-electron chi connectivity index (χ0n) is 15.4. The maximum absolute atomic E-state index is 12.0. The Morgan fingerprint density at radius 3 is 2.73 bits per heavy atom. The Morgan fingerprint density at radius 2 is 2.14 bits per heavy atom. The summed E-state index contributed by atoms with van der Waals surface area (Å²) in [7, 11) is 0. The third-order valence-corrected chi connectivity index (χ3v) is 6.34. The molecule has 0 spiro atoms. The van der Waals surface area contributed by atoms with Crippen LogP contribution in [0.3, 0.4) is 0 Å². The maximum Gasteiger partial charge on any atom is 0.124 e. The van der Waals surface area contributed by atoms with Crippen LogP contribution in [-0.4, -0.2) is 6.29 Å². The first kappa shape index (κ1) is 17.5. The lowest BCUT2D eigenvalue weighted by molar-refractivity contribution is -0.116. The van der Waals surface area contributed by atoms with Gasteiger partial charge in [-0.2, -0.15) is 0 Å². The zero-order valence-corrected chi connectivity index (χ0v) is 15.4. The quantitative estimate of drug-likeness (QED) is 0.473. The van der Waals surface area contributed by atoms with Crippen molar-refractivity contribution < 1.29 is 4.79 Å². The topological polar surface area (TPSA) is 17.1 Å². The molecule has 0 aliphatic heterocycles.